The van der Waals surface area contributed by atoms with Crippen molar-refractivity contribution in [2.75, 3.05) is 10.6 Å². The van der Waals surface area contributed by atoms with Gasteiger partial charge in [0.1, 0.15) is 0 Å². The lowest BCUT2D eigenvalue weighted by molar-refractivity contribution is 0.251. The van der Waals surface area contributed by atoms with Gasteiger partial charge in [0.15, 0.2) is 0 Å². The maximum atomic E-state index is 12.3. The van der Waals surface area contributed by atoms with Crippen LogP contribution in [0.5, 0.6) is 0 Å². The summed E-state index contributed by atoms with van der Waals surface area (Å²) in [6, 6.07) is 19.1. The summed E-state index contributed by atoms with van der Waals surface area (Å²) in [5.74, 6) is 0. The average Bonchev–Trinajstić information content (AvgIpc) is 2.73. The molecule has 0 heterocycles. The zero-order valence-electron chi connectivity index (χ0n) is 16.8. The van der Waals surface area contributed by atoms with Crippen molar-refractivity contribution < 1.29 is 9.59 Å². The van der Waals surface area contributed by atoms with Crippen molar-refractivity contribution in [3.05, 3.63) is 93.5 Å². The van der Waals surface area contributed by atoms with E-state index in [4.69, 9.17) is 23.2 Å². The van der Waals surface area contributed by atoms with Gasteiger partial charge in [0.2, 0.25) is 0 Å². The number of aryl methyl sites for hydroxylation is 1. The first kappa shape index (κ1) is 22.5. The lowest BCUT2D eigenvalue weighted by Crippen LogP contribution is -2.29. The van der Waals surface area contributed by atoms with Crippen molar-refractivity contribution in [2.24, 2.45) is 0 Å². The first-order valence-electron chi connectivity index (χ1n) is 9.58. The van der Waals surface area contributed by atoms with Crippen LogP contribution in [0, 0.1) is 6.92 Å². The predicted octanol–water partition coefficient (Wildman–Crippen LogP) is 5.95. The van der Waals surface area contributed by atoms with Gasteiger partial charge in [-0.25, -0.2) is 9.59 Å². The Labute approximate surface area is 190 Å². The van der Waals surface area contributed by atoms with E-state index >= 15 is 0 Å². The van der Waals surface area contributed by atoms with Crippen LogP contribution in [0.15, 0.2) is 66.7 Å². The summed E-state index contributed by atoms with van der Waals surface area (Å²) in [7, 11) is 0. The summed E-state index contributed by atoms with van der Waals surface area (Å²) >= 11 is 11.9. The quantitative estimate of drug-likeness (QED) is 0.369. The number of carbonyl (C=O) groups excluding carboxylic acids is 2. The largest absolute Gasteiger partial charge is 0.334 e. The van der Waals surface area contributed by atoms with E-state index in [1.807, 2.05) is 37.3 Å². The molecule has 6 nitrogen and oxygen atoms in total. The van der Waals surface area contributed by atoms with Crippen LogP contribution >= 0.6 is 23.2 Å². The normalized spacial score (nSPS) is 10.3. The highest BCUT2D eigenvalue weighted by Gasteiger charge is 2.08. The van der Waals surface area contributed by atoms with E-state index in [0.29, 0.717) is 34.5 Å². The van der Waals surface area contributed by atoms with Crippen molar-refractivity contribution in [1.29, 1.82) is 0 Å². The van der Waals surface area contributed by atoms with Crippen LogP contribution in [0.3, 0.4) is 0 Å². The summed E-state index contributed by atoms with van der Waals surface area (Å²) in [5, 5.41) is 12.4. The Balaban J connectivity index is 1.54. The number of carbonyl (C=O) groups is 2. The number of anilines is 2. The fourth-order valence-electron chi connectivity index (χ4n) is 2.83. The lowest BCUT2D eigenvalue weighted by Gasteiger charge is -2.13. The van der Waals surface area contributed by atoms with Crippen LogP contribution in [0.4, 0.5) is 21.0 Å². The molecule has 4 amide bonds. The second kappa shape index (κ2) is 10.7. The first-order valence-corrected chi connectivity index (χ1v) is 10.3. The third kappa shape index (κ3) is 7.20. The fourth-order valence-corrected chi connectivity index (χ4v) is 3.26. The van der Waals surface area contributed by atoms with Gasteiger partial charge in [-0.2, -0.15) is 0 Å². The van der Waals surface area contributed by atoms with E-state index in [2.05, 4.69) is 21.3 Å². The van der Waals surface area contributed by atoms with E-state index in [9.17, 15) is 9.59 Å². The summed E-state index contributed by atoms with van der Waals surface area (Å²) < 4.78 is 0. The molecule has 8 heteroatoms. The van der Waals surface area contributed by atoms with Crippen molar-refractivity contribution >= 4 is 46.6 Å². The van der Waals surface area contributed by atoms with Crippen molar-refractivity contribution in [1.82, 2.24) is 10.6 Å². The maximum Gasteiger partial charge on any atom is 0.319 e. The molecule has 160 valence electrons. The molecule has 0 bridgehead atoms. The van der Waals surface area contributed by atoms with E-state index in [-0.39, 0.29) is 12.1 Å². The lowest BCUT2D eigenvalue weighted by atomic mass is 10.2. The molecule has 3 aromatic rings. The second-order valence-electron chi connectivity index (χ2n) is 6.90. The van der Waals surface area contributed by atoms with Gasteiger partial charge in [0.25, 0.3) is 0 Å². The second-order valence-corrected chi connectivity index (χ2v) is 7.78. The highest BCUT2D eigenvalue weighted by molar-refractivity contribution is 6.30. The minimum absolute atomic E-state index is 0.343. The summed E-state index contributed by atoms with van der Waals surface area (Å²) in [5.41, 5.74) is 3.80. The number of hydrogen-bond donors (Lipinski definition) is 4. The van der Waals surface area contributed by atoms with Crippen LogP contribution in [-0.2, 0) is 13.1 Å². The number of nitrogens with one attached hydrogen (secondary N) is 4. The highest BCUT2D eigenvalue weighted by atomic mass is 35.5. The van der Waals surface area contributed by atoms with Crippen LogP contribution < -0.4 is 21.3 Å². The van der Waals surface area contributed by atoms with Gasteiger partial charge in [0, 0.05) is 34.5 Å². The minimum Gasteiger partial charge on any atom is -0.334 e. The molecule has 0 unspecified atom stereocenters. The van der Waals surface area contributed by atoms with Gasteiger partial charge in [0.05, 0.1) is 0 Å². The van der Waals surface area contributed by atoms with E-state index in [1.54, 1.807) is 36.4 Å². The van der Waals surface area contributed by atoms with Crippen LogP contribution in [-0.4, -0.2) is 12.1 Å². The zero-order chi connectivity index (χ0) is 22.2. The van der Waals surface area contributed by atoms with Gasteiger partial charge < -0.3 is 21.3 Å². The van der Waals surface area contributed by atoms with E-state index < -0.39 is 0 Å². The highest BCUT2D eigenvalue weighted by Crippen LogP contribution is 2.20. The third-order valence-electron chi connectivity index (χ3n) is 4.43. The van der Waals surface area contributed by atoms with Gasteiger partial charge in [-0.15, -0.1) is 0 Å². The molecule has 0 saturated carbocycles. The number of halogens is 2. The Kier molecular flexibility index (Phi) is 7.76. The molecule has 0 radical (unpaired) electrons. The maximum absolute atomic E-state index is 12.3. The van der Waals surface area contributed by atoms with Crippen LogP contribution in [0.25, 0.3) is 0 Å². The topological polar surface area (TPSA) is 82.3 Å². The summed E-state index contributed by atoms with van der Waals surface area (Å²) in [6.07, 6.45) is 0. The molecule has 0 aliphatic heterocycles. The molecular formula is C23H22Cl2N4O2. The van der Waals surface area contributed by atoms with Crippen molar-refractivity contribution in [3.63, 3.8) is 0 Å². The molecule has 0 aliphatic carbocycles. The van der Waals surface area contributed by atoms with Gasteiger partial charge >= 0.3 is 12.1 Å². The Morgan fingerprint density at radius 3 is 1.84 bits per heavy atom. The molecule has 3 aromatic carbocycles. The number of urea groups is 2. The SMILES string of the molecule is Cc1ccc(NC(=O)NCc2cccc(Cl)c2)cc1NC(=O)NCc1cccc(Cl)c1. The molecule has 4 N–H and O–H groups in total. The predicted molar refractivity (Wildman–Crippen MR) is 126 cm³/mol. The van der Waals surface area contributed by atoms with Gasteiger partial charge in [-0.3, -0.25) is 0 Å². The molecule has 0 aliphatic rings. The van der Waals surface area contributed by atoms with E-state index in [1.165, 1.54) is 0 Å². The Bertz CT molecular complexity index is 1090. The summed E-state index contributed by atoms with van der Waals surface area (Å²) in [4.78, 5) is 24.5. The molecular weight excluding hydrogens is 435 g/mol. The molecule has 0 aromatic heterocycles. The Morgan fingerprint density at radius 2 is 1.29 bits per heavy atom. The molecule has 31 heavy (non-hydrogen) atoms. The fraction of sp³-hybridized carbons (Fsp3) is 0.130. The molecule has 0 atom stereocenters. The minimum atomic E-state index is -0.361. The summed E-state index contributed by atoms with van der Waals surface area (Å²) in [6.45, 7) is 2.56. The van der Waals surface area contributed by atoms with Crippen LogP contribution in [0.1, 0.15) is 16.7 Å². The first-order chi connectivity index (χ1) is 14.9. The number of rotatable bonds is 6. The van der Waals surface area contributed by atoms with Gasteiger partial charge in [-0.1, -0.05) is 53.5 Å². The van der Waals surface area contributed by atoms with Crippen LogP contribution in [0.2, 0.25) is 10.0 Å². The number of benzene rings is 3. The zero-order valence-corrected chi connectivity index (χ0v) is 18.3. The van der Waals surface area contributed by atoms with Crippen molar-refractivity contribution in [3.8, 4) is 0 Å². The molecule has 3 rings (SSSR count). The number of amides is 4. The molecule has 0 spiro atoms. The Hall–Kier alpha value is -3.22. The molecule has 0 fully saturated rings. The van der Waals surface area contributed by atoms with Gasteiger partial charge in [-0.05, 0) is 60.0 Å². The van der Waals surface area contributed by atoms with Crippen molar-refractivity contribution in [2.45, 2.75) is 20.0 Å². The number of hydrogen-bond acceptors (Lipinski definition) is 2. The Morgan fingerprint density at radius 1 is 0.742 bits per heavy atom. The average molecular weight is 457 g/mol. The van der Waals surface area contributed by atoms with E-state index in [0.717, 1.165) is 16.7 Å². The molecule has 0 saturated heterocycles. The third-order valence-corrected chi connectivity index (χ3v) is 4.90. The smallest absolute Gasteiger partial charge is 0.319 e. The standard InChI is InChI=1S/C23H22Cl2N4O2/c1-15-8-9-20(28-22(30)26-13-16-4-2-6-18(24)10-16)12-21(15)29-23(31)27-14-17-5-3-7-19(25)11-17/h2-12H,13-14H2,1H3,(H2,26,28,30)(H2,27,29,31). The monoisotopic (exact) mass is 456 g/mol.